The van der Waals surface area contributed by atoms with Gasteiger partial charge in [0.1, 0.15) is 35.2 Å². The van der Waals surface area contributed by atoms with Gasteiger partial charge in [0.2, 0.25) is 0 Å². The summed E-state index contributed by atoms with van der Waals surface area (Å²) in [5, 5.41) is 10.3. The van der Waals surface area contributed by atoms with Crippen LogP contribution in [0.25, 0.3) is 11.6 Å². The lowest BCUT2D eigenvalue weighted by atomic mass is 9.91. The van der Waals surface area contributed by atoms with Crippen LogP contribution in [-0.4, -0.2) is 24.4 Å². The molecule has 4 nitrogen and oxygen atoms in total. The molecule has 0 atom stereocenters. The van der Waals surface area contributed by atoms with Crippen molar-refractivity contribution in [2.45, 2.75) is 32.3 Å². The lowest BCUT2D eigenvalue weighted by Crippen LogP contribution is -2.33. The Morgan fingerprint density at radius 1 is 1.16 bits per heavy atom. The quantitative estimate of drug-likeness (QED) is 0.879. The van der Waals surface area contributed by atoms with Crippen LogP contribution in [0.3, 0.4) is 0 Å². The van der Waals surface area contributed by atoms with E-state index < -0.39 is 0 Å². The normalized spacial score (nSPS) is 17.5. The number of hydrogen-bond acceptors (Lipinski definition) is 4. The fourth-order valence-electron chi connectivity index (χ4n) is 3.46. The molecule has 0 aromatic heterocycles. The number of aromatic hydroxyl groups is 1. The number of benzene rings is 2. The Balaban J connectivity index is 1.72. The van der Waals surface area contributed by atoms with Crippen molar-refractivity contribution in [2.75, 3.05) is 13.7 Å². The Hall–Kier alpha value is -2.62. The largest absolute Gasteiger partial charge is 0.507 e. The van der Waals surface area contributed by atoms with Gasteiger partial charge in [-0.25, -0.2) is 0 Å². The molecule has 4 rings (SSSR count). The molecular formula is C21H22O4. The number of rotatable bonds is 2. The van der Waals surface area contributed by atoms with Crippen molar-refractivity contribution in [3.63, 3.8) is 0 Å². The maximum atomic E-state index is 10.3. The third kappa shape index (κ3) is 2.82. The highest BCUT2D eigenvalue weighted by Crippen LogP contribution is 2.44. The van der Waals surface area contributed by atoms with E-state index in [1.54, 1.807) is 13.2 Å². The molecule has 2 aromatic carbocycles. The number of fused-ring (bicyclic) bond motifs is 3. The highest BCUT2D eigenvalue weighted by Gasteiger charge is 2.30. The SMILES string of the molecule is COc1ccc(C2=Cc3ccc4c(c3OC2)CCC(C)(C)O4)c(O)c1. The van der Waals surface area contributed by atoms with Gasteiger partial charge in [-0.2, -0.15) is 0 Å². The van der Waals surface area contributed by atoms with E-state index in [-0.39, 0.29) is 11.4 Å². The minimum absolute atomic E-state index is 0.133. The van der Waals surface area contributed by atoms with E-state index in [4.69, 9.17) is 14.2 Å². The molecule has 130 valence electrons. The van der Waals surface area contributed by atoms with Crippen LogP contribution < -0.4 is 14.2 Å². The number of methoxy groups -OCH3 is 1. The summed E-state index contributed by atoms with van der Waals surface area (Å²) in [6, 6.07) is 9.36. The van der Waals surface area contributed by atoms with Crippen LogP contribution in [0, 0.1) is 0 Å². The molecule has 0 amide bonds. The predicted molar refractivity (Wildman–Crippen MR) is 97.5 cm³/mol. The van der Waals surface area contributed by atoms with E-state index in [2.05, 4.69) is 19.9 Å². The summed E-state index contributed by atoms with van der Waals surface area (Å²) >= 11 is 0. The first-order valence-corrected chi connectivity index (χ1v) is 8.52. The minimum atomic E-state index is -0.133. The fraction of sp³-hybridized carbons (Fsp3) is 0.333. The van der Waals surface area contributed by atoms with Crippen LogP contribution in [0.4, 0.5) is 0 Å². The molecule has 0 saturated carbocycles. The second kappa shape index (κ2) is 5.73. The van der Waals surface area contributed by atoms with Crippen LogP contribution in [0.5, 0.6) is 23.0 Å². The summed E-state index contributed by atoms with van der Waals surface area (Å²) in [6.07, 6.45) is 4.00. The molecule has 4 heteroatoms. The molecule has 2 aliphatic rings. The summed E-state index contributed by atoms with van der Waals surface area (Å²) in [6.45, 7) is 4.65. The van der Waals surface area contributed by atoms with Gasteiger partial charge in [-0.05, 0) is 57.0 Å². The molecule has 0 aliphatic carbocycles. The van der Waals surface area contributed by atoms with Crippen molar-refractivity contribution in [3.8, 4) is 23.0 Å². The highest BCUT2D eigenvalue weighted by molar-refractivity contribution is 5.88. The fourth-order valence-corrected chi connectivity index (χ4v) is 3.46. The average molecular weight is 338 g/mol. The maximum absolute atomic E-state index is 10.3. The average Bonchev–Trinajstić information content (AvgIpc) is 2.60. The number of phenols is 1. The van der Waals surface area contributed by atoms with Crippen molar-refractivity contribution >= 4 is 11.6 Å². The van der Waals surface area contributed by atoms with E-state index in [9.17, 15) is 5.11 Å². The first-order valence-electron chi connectivity index (χ1n) is 8.52. The van der Waals surface area contributed by atoms with Gasteiger partial charge in [-0.1, -0.05) is 0 Å². The van der Waals surface area contributed by atoms with Crippen LogP contribution in [0.1, 0.15) is 37.0 Å². The first-order chi connectivity index (χ1) is 12.0. The molecule has 1 N–H and O–H groups in total. The van der Waals surface area contributed by atoms with Crippen molar-refractivity contribution in [1.82, 2.24) is 0 Å². The molecule has 0 fully saturated rings. The van der Waals surface area contributed by atoms with Crippen molar-refractivity contribution in [3.05, 3.63) is 47.0 Å². The lowest BCUT2D eigenvalue weighted by Gasteiger charge is -2.34. The van der Waals surface area contributed by atoms with E-state index >= 15 is 0 Å². The smallest absolute Gasteiger partial charge is 0.133 e. The van der Waals surface area contributed by atoms with E-state index in [0.29, 0.717) is 12.4 Å². The zero-order valence-electron chi connectivity index (χ0n) is 14.8. The van der Waals surface area contributed by atoms with Crippen LogP contribution in [0.15, 0.2) is 30.3 Å². The Labute approximate surface area is 147 Å². The van der Waals surface area contributed by atoms with Crippen molar-refractivity contribution < 1.29 is 19.3 Å². The molecule has 0 unspecified atom stereocenters. The van der Waals surface area contributed by atoms with Gasteiger partial charge in [-0.15, -0.1) is 0 Å². The number of hydrogen-bond donors (Lipinski definition) is 1. The number of ether oxygens (including phenoxy) is 3. The monoisotopic (exact) mass is 338 g/mol. The van der Waals surface area contributed by atoms with Gasteiger partial charge in [0.05, 0.1) is 7.11 Å². The van der Waals surface area contributed by atoms with Crippen LogP contribution >= 0.6 is 0 Å². The molecule has 0 radical (unpaired) electrons. The van der Waals surface area contributed by atoms with Crippen LogP contribution in [0.2, 0.25) is 0 Å². The second-order valence-corrected chi connectivity index (χ2v) is 7.16. The molecule has 0 saturated heterocycles. The third-order valence-corrected chi connectivity index (χ3v) is 4.86. The first kappa shape index (κ1) is 15.9. The van der Waals surface area contributed by atoms with E-state index in [1.807, 2.05) is 24.3 Å². The summed E-state index contributed by atoms with van der Waals surface area (Å²) in [7, 11) is 1.58. The summed E-state index contributed by atoms with van der Waals surface area (Å²) in [5.74, 6) is 2.65. The maximum Gasteiger partial charge on any atom is 0.133 e. The number of phenolic OH excluding ortho intramolecular Hbond substituents is 1. The standard InChI is InChI=1S/C21H22O4/c1-21(2)9-8-17-19(25-21)7-4-13-10-14(12-24-20(13)17)16-6-5-15(23-3)11-18(16)22/h4-7,10-11,22H,8-9,12H2,1-3H3. The molecule has 0 spiro atoms. The van der Waals surface area contributed by atoms with Gasteiger partial charge in [0.15, 0.2) is 0 Å². The summed E-state index contributed by atoms with van der Waals surface area (Å²) < 4.78 is 17.3. The van der Waals surface area contributed by atoms with E-state index in [1.165, 1.54) is 0 Å². The third-order valence-electron chi connectivity index (χ3n) is 4.86. The van der Waals surface area contributed by atoms with Gasteiger partial charge in [0, 0.05) is 28.3 Å². The Morgan fingerprint density at radius 2 is 2.00 bits per heavy atom. The topological polar surface area (TPSA) is 47.9 Å². The summed E-state index contributed by atoms with van der Waals surface area (Å²) in [4.78, 5) is 0. The minimum Gasteiger partial charge on any atom is -0.507 e. The molecular weight excluding hydrogens is 316 g/mol. The Morgan fingerprint density at radius 3 is 2.76 bits per heavy atom. The molecule has 0 bridgehead atoms. The highest BCUT2D eigenvalue weighted by atomic mass is 16.5. The zero-order chi connectivity index (χ0) is 17.6. The molecule has 25 heavy (non-hydrogen) atoms. The zero-order valence-corrected chi connectivity index (χ0v) is 14.8. The van der Waals surface area contributed by atoms with Crippen LogP contribution in [-0.2, 0) is 6.42 Å². The van der Waals surface area contributed by atoms with Gasteiger partial charge < -0.3 is 19.3 Å². The Bertz CT molecular complexity index is 864. The Kier molecular flexibility index (Phi) is 3.64. The van der Waals surface area contributed by atoms with Gasteiger partial charge >= 0.3 is 0 Å². The predicted octanol–water partition coefficient (Wildman–Crippen LogP) is 4.44. The summed E-state index contributed by atoms with van der Waals surface area (Å²) in [5.41, 5.74) is 3.75. The van der Waals surface area contributed by atoms with Crippen molar-refractivity contribution in [1.29, 1.82) is 0 Å². The molecule has 2 aliphatic heterocycles. The van der Waals surface area contributed by atoms with Crippen molar-refractivity contribution in [2.24, 2.45) is 0 Å². The van der Waals surface area contributed by atoms with E-state index in [0.717, 1.165) is 46.6 Å². The second-order valence-electron chi connectivity index (χ2n) is 7.16. The molecule has 2 aromatic rings. The molecule has 2 heterocycles. The van der Waals surface area contributed by atoms with Gasteiger partial charge in [-0.3, -0.25) is 0 Å². The van der Waals surface area contributed by atoms with Gasteiger partial charge in [0.25, 0.3) is 0 Å². The lowest BCUT2D eigenvalue weighted by molar-refractivity contribution is 0.0834.